The summed E-state index contributed by atoms with van der Waals surface area (Å²) in [7, 11) is 0. The van der Waals surface area contributed by atoms with Crippen molar-refractivity contribution < 1.29 is 13.9 Å². The number of hydrogen-bond donors (Lipinski definition) is 0. The summed E-state index contributed by atoms with van der Waals surface area (Å²) in [5.74, 6) is -0.815. The predicted molar refractivity (Wildman–Crippen MR) is 106 cm³/mol. The average Bonchev–Trinajstić information content (AvgIpc) is 2.72. The van der Waals surface area contributed by atoms with Crippen LogP contribution in [0, 0.1) is 5.95 Å². The van der Waals surface area contributed by atoms with Gasteiger partial charge in [-0.25, -0.2) is 4.98 Å². The van der Waals surface area contributed by atoms with Crippen molar-refractivity contribution in [3.05, 3.63) is 60.2 Å². The lowest BCUT2D eigenvalue weighted by Crippen LogP contribution is -2.61. The molecule has 1 amide bonds. The monoisotopic (exact) mass is 383 g/mol. The normalized spacial score (nSPS) is 22.6. The second-order valence-electron chi connectivity index (χ2n) is 7.76. The van der Waals surface area contributed by atoms with Crippen LogP contribution in [0.3, 0.4) is 0 Å². The highest BCUT2D eigenvalue weighted by atomic mass is 19.1. The van der Waals surface area contributed by atoms with E-state index in [1.165, 1.54) is 16.7 Å². The molecule has 1 spiro atoms. The third kappa shape index (κ3) is 3.93. The summed E-state index contributed by atoms with van der Waals surface area (Å²) in [5, 5.41) is 0. The number of morpholine rings is 1. The van der Waals surface area contributed by atoms with Crippen molar-refractivity contribution in [3.63, 3.8) is 0 Å². The molecule has 1 atom stereocenters. The van der Waals surface area contributed by atoms with Crippen LogP contribution in [-0.2, 0) is 16.0 Å². The molecule has 0 bridgehead atoms. The number of halogens is 1. The van der Waals surface area contributed by atoms with Crippen molar-refractivity contribution in [1.82, 2.24) is 9.88 Å². The molecule has 0 radical (unpaired) electrons. The first-order valence-corrected chi connectivity index (χ1v) is 9.92. The third-order valence-corrected chi connectivity index (χ3v) is 5.84. The van der Waals surface area contributed by atoms with Crippen LogP contribution >= 0.6 is 0 Å². The quantitative estimate of drug-likeness (QED) is 0.762. The van der Waals surface area contributed by atoms with E-state index in [1.54, 1.807) is 19.1 Å². The zero-order chi connectivity index (χ0) is 19.6. The molecule has 1 aromatic heterocycles. The van der Waals surface area contributed by atoms with Gasteiger partial charge in [-0.2, -0.15) is 4.39 Å². The van der Waals surface area contributed by atoms with Crippen molar-refractivity contribution >= 4 is 11.6 Å². The maximum absolute atomic E-state index is 14.2. The van der Waals surface area contributed by atoms with Crippen molar-refractivity contribution in [2.24, 2.45) is 0 Å². The highest BCUT2D eigenvalue weighted by molar-refractivity contribution is 5.97. The van der Waals surface area contributed by atoms with Gasteiger partial charge in [0.1, 0.15) is 6.10 Å². The van der Waals surface area contributed by atoms with Gasteiger partial charge in [-0.05, 0) is 43.9 Å². The van der Waals surface area contributed by atoms with E-state index in [1.807, 2.05) is 6.07 Å². The number of anilines is 1. The second kappa shape index (κ2) is 7.97. The number of amides is 1. The summed E-state index contributed by atoms with van der Waals surface area (Å²) in [6.07, 6.45) is 3.50. The average molecular weight is 383 g/mol. The van der Waals surface area contributed by atoms with Gasteiger partial charge < -0.3 is 14.5 Å². The highest BCUT2D eigenvalue weighted by Crippen LogP contribution is 2.35. The van der Waals surface area contributed by atoms with Crippen LogP contribution in [0.2, 0.25) is 0 Å². The minimum Gasteiger partial charge on any atom is -0.360 e. The van der Waals surface area contributed by atoms with E-state index >= 15 is 0 Å². The zero-order valence-electron chi connectivity index (χ0n) is 16.2. The molecule has 5 nitrogen and oxygen atoms in total. The maximum atomic E-state index is 14.2. The fourth-order valence-corrected chi connectivity index (χ4v) is 4.22. The summed E-state index contributed by atoms with van der Waals surface area (Å²) >= 11 is 0. The molecule has 6 heteroatoms. The molecule has 0 aliphatic carbocycles. The molecule has 2 aromatic rings. The fourth-order valence-electron chi connectivity index (χ4n) is 4.22. The number of rotatable bonds is 4. The third-order valence-electron chi connectivity index (χ3n) is 5.84. The molecule has 1 unspecified atom stereocenters. The van der Waals surface area contributed by atoms with Crippen LogP contribution in [0.15, 0.2) is 48.7 Å². The molecule has 2 aliphatic rings. The van der Waals surface area contributed by atoms with Crippen LogP contribution in [-0.4, -0.2) is 53.7 Å². The summed E-state index contributed by atoms with van der Waals surface area (Å²) in [4.78, 5) is 20.3. The summed E-state index contributed by atoms with van der Waals surface area (Å²) in [6, 6.07) is 13.8. The van der Waals surface area contributed by atoms with Gasteiger partial charge in [-0.15, -0.1) is 0 Å². The fraction of sp³-hybridized carbons (Fsp3) is 0.455. The second-order valence-corrected chi connectivity index (χ2v) is 7.76. The summed E-state index contributed by atoms with van der Waals surface area (Å²) < 4.78 is 20.4. The van der Waals surface area contributed by atoms with E-state index in [-0.39, 0.29) is 11.6 Å². The standard InChI is InChI=1S/C22H26FN3O2/c1-17-21(27)26(19-8-5-12-24-20(19)23)16-22(28-17)10-14-25(15-11-22)13-9-18-6-3-2-4-7-18/h2-8,12,17H,9-11,13-16H2,1H3. The number of carbonyl (C=O) groups excluding carboxylic acids is 1. The Kier molecular flexibility index (Phi) is 5.42. The number of likely N-dealkylation sites (tertiary alicyclic amines) is 1. The van der Waals surface area contributed by atoms with E-state index in [0.717, 1.165) is 38.9 Å². The van der Waals surface area contributed by atoms with Crippen LogP contribution in [0.4, 0.5) is 10.1 Å². The molecular formula is C22H26FN3O2. The van der Waals surface area contributed by atoms with Gasteiger partial charge >= 0.3 is 0 Å². The minimum atomic E-state index is -0.611. The van der Waals surface area contributed by atoms with Crippen molar-refractivity contribution in [3.8, 4) is 0 Å². The van der Waals surface area contributed by atoms with Gasteiger partial charge in [0.2, 0.25) is 5.95 Å². The number of hydrogen-bond acceptors (Lipinski definition) is 4. The number of aromatic nitrogens is 1. The van der Waals surface area contributed by atoms with Gasteiger partial charge in [0, 0.05) is 25.8 Å². The molecular weight excluding hydrogens is 357 g/mol. The van der Waals surface area contributed by atoms with Crippen LogP contribution in [0.5, 0.6) is 0 Å². The van der Waals surface area contributed by atoms with E-state index in [4.69, 9.17) is 4.74 Å². The van der Waals surface area contributed by atoms with E-state index in [0.29, 0.717) is 6.54 Å². The molecule has 148 valence electrons. The minimum absolute atomic E-state index is 0.205. The number of pyridine rings is 1. The molecule has 1 aromatic carbocycles. The first kappa shape index (κ1) is 19.0. The Morgan fingerprint density at radius 1 is 1.18 bits per heavy atom. The van der Waals surface area contributed by atoms with E-state index in [2.05, 4.69) is 34.1 Å². The Bertz CT molecular complexity index is 822. The van der Waals surface area contributed by atoms with Crippen LogP contribution in [0.25, 0.3) is 0 Å². The van der Waals surface area contributed by atoms with E-state index in [9.17, 15) is 9.18 Å². The number of carbonyl (C=O) groups is 1. The Labute approximate surface area is 165 Å². The number of ether oxygens (including phenoxy) is 1. The van der Waals surface area contributed by atoms with Crippen molar-refractivity contribution in [1.29, 1.82) is 0 Å². The SMILES string of the molecule is CC1OC2(CCN(CCc3ccccc3)CC2)CN(c2cccnc2F)C1=O. The summed E-state index contributed by atoms with van der Waals surface area (Å²) in [6.45, 7) is 4.97. The number of piperidine rings is 1. The molecule has 4 rings (SSSR count). The number of nitrogens with zero attached hydrogens (tertiary/aromatic N) is 3. The number of benzene rings is 1. The lowest BCUT2D eigenvalue weighted by atomic mass is 9.88. The molecule has 0 saturated carbocycles. The predicted octanol–water partition coefficient (Wildman–Crippen LogP) is 3.05. The highest BCUT2D eigenvalue weighted by Gasteiger charge is 2.46. The Hall–Kier alpha value is -2.31. The Morgan fingerprint density at radius 2 is 1.93 bits per heavy atom. The van der Waals surface area contributed by atoms with Gasteiger partial charge in [0.15, 0.2) is 0 Å². The molecule has 2 saturated heterocycles. The molecule has 2 aliphatic heterocycles. The zero-order valence-corrected chi connectivity index (χ0v) is 16.2. The van der Waals surface area contributed by atoms with Gasteiger partial charge in [0.25, 0.3) is 5.91 Å². The van der Waals surface area contributed by atoms with E-state index < -0.39 is 17.7 Å². The van der Waals surface area contributed by atoms with Gasteiger partial charge in [-0.1, -0.05) is 30.3 Å². The van der Waals surface area contributed by atoms with Gasteiger partial charge in [-0.3, -0.25) is 4.79 Å². The smallest absolute Gasteiger partial charge is 0.256 e. The lowest BCUT2D eigenvalue weighted by molar-refractivity contribution is -0.161. The maximum Gasteiger partial charge on any atom is 0.256 e. The van der Waals surface area contributed by atoms with Gasteiger partial charge in [0.05, 0.1) is 17.8 Å². The van der Waals surface area contributed by atoms with Crippen LogP contribution < -0.4 is 4.90 Å². The van der Waals surface area contributed by atoms with Crippen molar-refractivity contribution in [2.45, 2.75) is 37.9 Å². The molecule has 28 heavy (non-hydrogen) atoms. The Balaban J connectivity index is 1.41. The lowest BCUT2D eigenvalue weighted by Gasteiger charge is -2.49. The Morgan fingerprint density at radius 3 is 2.64 bits per heavy atom. The first-order chi connectivity index (χ1) is 13.6. The van der Waals surface area contributed by atoms with Crippen molar-refractivity contribution in [2.75, 3.05) is 31.1 Å². The molecule has 3 heterocycles. The largest absolute Gasteiger partial charge is 0.360 e. The molecule has 0 N–H and O–H groups in total. The topological polar surface area (TPSA) is 45.7 Å². The molecule has 2 fully saturated rings. The first-order valence-electron chi connectivity index (χ1n) is 9.92. The van der Waals surface area contributed by atoms with Crippen LogP contribution in [0.1, 0.15) is 25.3 Å². The summed E-state index contributed by atoms with van der Waals surface area (Å²) in [5.41, 5.74) is 1.17.